The number of benzene rings is 2. The van der Waals surface area contributed by atoms with Gasteiger partial charge in [0.25, 0.3) is 0 Å². The molecule has 0 saturated carbocycles. The summed E-state index contributed by atoms with van der Waals surface area (Å²) in [5, 5.41) is 5.65. The van der Waals surface area contributed by atoms with Gasteiger partial charge in [-0.3, -0.25) is 0 Å². The van der Waals surface area contributed by atoms with Gasteiger partial charge in [-0.05, 0) is 24.1 Å². The minimum atomic E-state index is -0.439. The highest BCUT2D eigenvalue weighted by molar-refractivity contribution is 6.32. The first kappa shape index (κ1) is 17.9. The predicted molar refractivity (Wildman–Crippen MR) is 91.7 cm³/mol. The highest BCUT2D eigenvalue weighted by Gasteiger charge is 2.12. The lowest BCUT2D eigenvalue weighted by Gasteiger charge is -2.13. The monoisotopic (exact) mass is 352 g/mol. The Bertz CT molecular complexity index is 725. The predicted octanol–water partition coefficient (Wildman–Crippen LogP) is 3.86. The third kappa shape index (κ3) is 4.52. The highest BCUT2D eigenvalue weighted by atomic mass is 35.5. The Hall–Kier alpha value is -2.47. The van der Waals surface area contributed by atoms with Crippen molar-refractivity contribution in [1.29, 1.82) is 0 Å². The van der Waals surface area contributed by atoms with Crippen LogP contribution in [0.15, 0.2) is 36.4 Å². The van der Waals surface area contributed by atoms with Crippen LogP contribution < -0.4 is 20.1 Å². The summed E-state index contributed by atoms with van der Waals surface area (Å²) in [6.45, 7) is 0.291. The summed E-state index contributed by atoms with van der Waals surface area (Å²) in [6, 6.07) is 9.13. The number of nitrogens with one attached hydrogen (secondary N) is 2. The highest BCUT2D eigenvalue weighted by Crippen LogP contribution is 2.35. The molecule has 5 nitrogen and oxygen atoms in total. The molecule has 2 N–H and O–H groups in total. The molecule has 0 saturated heterocycles. The van der Waals surface area contributed by atoms with E-state index in [0.717, 1.165) is 0 Å². The topological polar surface area (TPSA) is 59.6 Å². The molecule has 0 unspecified atom stereocenters. The quantitative estimate of drug-likeness (QED) is 0.830. The minimum absolute atomic E-state index is 0.289. The molecule has 0 atom stereocenters. The maximum atomic E-state index is 13.5. The standard InChI is InChI=1S/C17H18ClFN2O3/c1-23-15-10-16(24-2)14(9-12(15)18)21-17(22)20-8-7-11-5-3-4-6-13(11)19/h3-6,9-10H,7-8H2,1-2H3,(H2,20,21,22). The van der Waals surface area contributed by atoms with Gasteiger partial charge >= 0.3 is 6.03 Å². The van der Waals surface area contributed by atoms with Crippen LogP contribution in [0, 0.1) is 5.82 Å². The molecule has 2 rings (SSSR count). The molecule has 0 radical (unpaired) electrons. The molecule has 7 heteroatoms. The van der Waals surface area contributed by atoms with E-state index in [4.69, 9.17) is 21.1 Å². The van der Waals surface area contributed by atoms with Crippen LogP contribution in [-0.4, -0.2) is 26.8 Å². The second-order valence-electron chi connectivity index (χ2n) is 4.91. The zero-order valence-electron chi connectivity index (χ0n) is 13.4. The summed E-state index contributed by atoms with van der Waals surface area (Å²) >= 11 is 6.05. The van der Waals surface area contributed by atoms with Crippen LogP contribution in [0.25, 0.3) is 0 Å². The summed E-state index contributed by atoms with van der Waals surface area (Å²) < 4.78 is 23.8. The molecule has 2 amide bonds. The Balaban J connectivity index is 1.95. The van der Waals surface area contributed by atoms with Gasteiger partial charge in [0.1, 0.15) is 17.3 Å². The zero-order valence-corrected chi connectivity index (χ0v) is 14.1. The number of anilines is 1. The SMILES string of the molecule is COc1cc(OC)c(NC(=O)NCCc2ccccc2F)cc1Cl. The maximum Gasteiger partial charge on any atom is 0.319 e. The Kier molecular flexibility index (Phi) is 6.26. The summed E-state index contributed by atoms with van der Waals surface area (Å²) in [7, 11) is 2.97. The van der Waals surface area contributed by atoms with Crippen LogP contribution in [-0.2, 0) is 6.42 Å². The Labute approximate surface area is 144 Å². The number of halogens is 2. The van der Waals surface area contributed by atoms with Crippen molar-refractivity contribution in [3.8, 4) is 11.5 Å². The van der Waals surface area contributed by atoms with Gasteiger partial charge in [0.05, 0.1) is 24.9 Å². The average Bonchev–Trinajstić information content (AvgIpc) is 2.57. The summed E-state index contributed by atoms with van der Waals surface area (Å²) in [5.41, 5.74) is 0.953. The van der Waals surface area contributed by atoms with Crippen LogP contribution in [0.1, 0.15) is 5.56 Å². The molecule has 0 aliphatic carbocycles. The molecule has 0 spiro atoms. The Morgan fingerprint density at radius 3 is 2.54 bits per heavy atom. The van der Waals surface area contributed by atoms with Gasteiger partial charge in [0, 0.05) is 12.6 Å². The summed E-state index contributed by atoms with van der Waals surface area (Å²) in [6.07, 6.45) is 0.389. The van der Waals surface area contributed by atoms with Crippen molar-refractivity contribution in [3.63, 3.8) is 0 Å². The maximum absolute atomic E-state index is 13.5. The van der Waals surface area contributed by atoms with E-state index in [-0.39, 0.29) is 5.82 Å². The largest absolute Gasteiger partial charge is 0.495 e. The van der Waals surface area contributed by atoms with Gasteiger partial charge in [0.2, 0.25) is 0 Å². The molecular formula is C17H18ClFN2O3. The van der Waals surface area contributed by atoms with Crippen molar-refractivity contribution < 1.29 is 18.7 Å². The number of rotatable bonds is 6. The number of amides is 2. The zero-order chi connectivity index (χ0) is 17.5. The lowest BCUT2D eigenvalue weighted by molar-refractivity contribution is 0.252. The van der Waals surface area contributed by atoms with Crippen LogP contribution in [0.3, 0.4) is 0 Å². The molecule has 2 aromatic rings. The van der Waals surface area contributed by atoms with Gasteiger partial charge in [-0.2, -0.15) is 0 Å². The molecule has 0 heterocycles. The van der Waals surface area contributed by atoms with E-state index >= 15 is 0 Å². The van der Waals surface area contributed by atoms with E-state index in [1.807, 2.05) is 0 Å². The molecule has 0 bridgehead atoms. The molecular weight excluding hydrogens is 335 g/mol. The second kappa shape index (κ2) is 8.40. The van der Waals surface area contributed by atoms with Crippen molar-refractivity contribution in [1.82, 2.24) is 5.32 Å². The number of carbonyl (C=O) groups is 1. The van der Waals surface area contributed by atoms with Crippen molar-refractivity contribution >= 4 is 23.3 Å². The molecule has 128 valence electrons. The first-order valence-corrected chi connectivity index (χ1v) is 7.62. The lowest BCUT2D eigenvalue weighted by Crippen LogP contribution is -2.30. The Morgan fingerprint density at radius 2 is 1.88 bits per heavy atom. The van der Waals surface area contributed by atoms with Crippen LogP contribution >= 0.6 is 11.6 Å². The molecule has 2 aromatic carbocycles. The van der Waals surface area contributed by atoms with Gasteiger partial charge in [-0.15, -0.1) is 0 Å². The second-order valence-corrected chi connectivity index (χ2v) is 5.32. The number of urea groups is 1. The van der Waals surface area contributed by atoms with Crippen molar-refractivity contribution in [2.75, 3.05) is 26.1 Å². The van der Waals surface area contributed by atoms with Crippen molar-refractivity contribution in [2.24, 2.45) is 0 Å². The molecule has 0 aliphatic rings. The molecule has 24 heavy (non-hydrogen) atoms. The lowest BCUT2D eigenvalue weighted by atomic mass is 10.1. The van der Waals surface area contributed by atoms with Gasteiger partial charge in [-0.1, -0.05) is 29.8 Å². The number of hydrogen-bond acceptors (Lipinski definition) is 3. The number of ether oxygens (including phenoxy) is 2. The third-order valence-electron chi connectivity index (χ3n) is 3.36. The van der Waals surface area contributed by atoms with E-state index in [9.17, 15) is 9.18 Å². The fraction of sp³-hybridized carbons (Fsp3) is 0.235. The molecule has 0 aliphatic heterocycles. The van der Waals surface area contributed by atoms with Crippen molar-refractivity contribution in [2.45, 2.75) is 6.42 Å². The number of hydrogen-bond donors (Lipinski definition) is 2. The van der Waals surface area contributed by atoms with E-state index in [1.54, 1.807) is 24.3 Å². The van der Waals surface area contributed by atoms with E-state index < -0.39 is 6.03 Å². The summed E-state index contributed by atoms with van der Waals surface area (Å²) in [4.78, 5) is 12.0. The Morgan fingerprint density at radius 1 is 1.17 bits per heavy atom. The van der Waals surface area contributed by atoms with Crippen LogP contribution in [0.4, 0.5) is 14.9 Å². The minimum Gasteiger partial charge on any atom is -0.495 e. The smallest absolute Gasteiger partial charge is 0.319 e. The van der Waals surface area contributed by atoms with Crippen LogP contribution in [0.5, 0.6) is 11.5 Å². The number of carbonyl (C=O) groups excluding carboxylic acids is 1. The first-order chi connectivity index (χ1) is 11.5. The van der Waals surface area contributed by atoms with Gasteiger partial charge in [-0.25, -0.2) is 9.18 Å². The average molecular weight is 353 g/mol. The fourth-order valence-corrected chi connectivity index (χ4v) is 2.38. The number of methoxy groups -OCH3 is 2. The summed E-state index contributed by atoms with van der Waals surface area (Å²) in [5.74, 6) is 0.572. The molecule has 0 fully saturated rings. The molecule has 0 aromatic heterocycles. The normalized spacial score (nSPS) is 10.2. The van der Waals surface area contributed by atoms with Gasteiger partial charge in [0.15, 0.2) is 0 Å². The van der Waals surface area contributed by atoms with Crippen molar-refractivity contribution in [3.05, 3.63) is 52.8 Å². The van der Waals surface area contributed by atoms with E-state index in [1.165, 1.54) is 26.4 Å². The van der Waals surface area contributed by atoms with Crippen LogP contribution in [0.2, 0.25) is 5.02 Å². The fourth-order valence-electron chi connectivity index (χ4n) is 2.14. The van der Waals surface area contributed by atoms with E-state index in [2.05, 4.69) is 10.6 Å². The first-order valence-electron chi connectivity index (χ1n) is 7.25. The van der Waals surface area contributed by atoms with E-state index in [0.29, 0.717) is 40.7 Å². The van der Waals surface area contributed by atoms with Gasteiger partial charge < -0.3 is 20.1 Å². The third-order valence-corrected chi connectivity index (χ3v) is 3.66.